The number of hydrogen-bond donors (Lipinski definition) is 1. The van der Waals surface area contributed by atoms with Crippen LogP contribution < -0.4 is 10.1 Å². The molecule has 0 unspecified atom stereocenters. The summed E-state index contributed by atoms with van der Waals surface area (Å²) in [6, 6.07) is 4.70. The van der Waals surface area contributed by atoms with E-state index in [1.807, 2.05) is 13.8 Å². The molecule has 0 fully saturated rings. The van der Waals surface area contributed by atoms with Gasteiger partial charge in [-0.2, -0.15) is 0 Å². The van der Waals surface area contributed by atoms with Crippen molar-refractivity contribution in [3.05, 3.63) is 23.8 Å². The standard InChI is InChI=1S/C23H35N3O6/c1-7-21(27)24-17-8-9-18-19(10-17)32-13-16(3)26(22(28)14-30-5)11-15(2)20(31-6)12-25(4)23(18)29/h8-10,15-16,20H,7,11-14H2,1-6H3,(H,24,27)/t15-,16-,20+/m0/s1. The molecule has 32 heavy (non-hydrogen) atoms. The number of benzene rings is 1. The van der Waals surface area contributed by atoms with Crippen LogP contribution in [0.4, 0.5) is 5.69 Å². The van der Waals surface area contributed by atoms with Crippen molar-refractivity contribution in [1.29, 1.82) is 0 Å². The van der Waals surface area contributed by atoms with Crippen LogP contribution >= 0.6 is 0 Å². The van der Waals surface area contributed by atoms with Crippen molar-refractivity contribution in [1.82, 2.24) is 9.80 Å². The van der Waals surface area contributed by atoms with Crippen LogP contribution in [0, 0.1) is 5.92 Å². The van der Waals surface area contributed by atoms with E-state index >= 15 is 0 Å². The van der Waals surface area contributed by atoms with Gasteiger partial charge in [0.25, 0.3) is 5.91 Å². The van der Waals surface area contributed by atoms with Gasteiger partial charge in [0.15, 0.2) is 0 Å². The Morgan fingerprint density at radius 2 is 1.94 bits per heavy atom. The number of methoxy groups -OCH3 is 2. The highest BCUT2D eigenvalue weighted by atomic mass is 16.5. The summed E-state index contributed by atoms with van der Waals surface area (Å²) in [6.07, 6.45) is 0.0741. The number of anilines is 1. The zero-order valence-corrected chi connectivity index (χ0v) is 19.8. The van der Waals surface area contributed by atoms with Gasteiger partial charge in [0, 0.05) is 58.4 Å². The van der Waals surface area contributed by atoms with Crippen molar-refractivity contribution in [3.63, 3.8) is 0 Å². The fraction of sp³-hybridized carbons (Fsp3) is 0.609. The Balaban J connectivity index is 2.44. The first-order valence-corrected chi connectivity index (χ1v) is 10.8. The van der Waals surface area contributed by atoms with Crippen molar-refractivity contribution in [2.24, 2.45) is 5.92 Å². The van der Waals surface area contributed by atoms with Crippen LogP contribution in [-0.4, -0.2) is 87.2 Å². The molecular formula is C23H35N3O6. The van der Waals surface area contributed by atoms with Crippen molar-refractivity contribution >= 4 is 23.4 Å². The first-order valence-electron chi connectivity index (χ1n) is 10.8. The number of rotatable bonds is 5. The van der Waals surface area contributed by atoms with Gasteiger partial charge in [-0.05, 0) is 19.1 Å². The molecule has 0 bridgehead atoms. The first kappa shape index (κ1) is 25.6. The minimum atomic E-state index is -0.272. The lowest BCUT2D eigenvalue weighted by atomic mass is 10.0. The summed E-state index contributed by atoms with van der Waals surface area (Å²) in [6.45, 7) is 6.59. The fourth-order valence-electron chi connectivity index (χ4n) is 3.65. The summed E-state index contributed by atoms with van der Waals surface area (Å²) in [5, 5.41) is 2.79. The Morgan fingerprint density at radius 1 is 1.22 bits per heavy atom. The van der Waals surface area contributed by atoms with Crippen molar-refractivity contribution in [2.75, 3.05) is 52.9 Å². The highest BCUT2D eigenvalue weighted by Gasteiger charge is 2.30. The van der Waals surface area contributed by atoms with E-state index in [1.54, 1.807) is 49.1 Å². The highest BCUT2D eigenvalue weighted by molar-refractivity contribution is 5.98. The average molecular weight is 450 g/mol. The van der Waals surface area contributed by atoms with Gasteiger partial charge in [0.2, 0.25) is 11.8 Å². The number of carbonyl (C=O) groups excluding carboxylic acids is 3. The molecule has 1 aromatic rings. The SMILES string of the molecule is CCC(=O)Nc1ccc2c(c1)OC[C@H](C)N(C(=O)COC)C[C@H](C)[C@H](OC)CN(C)C2=O. The molecule has 178 valence electrons. The zero-order chi connectivity index (χ0) is 23.8. The minimum Gasteiger partial charge on any atom is -0.491 e. The number of nitrogens with zero attached hydrogens (tertiary/aromatic N) is 2. The molecule has 0 saturated heterocycles. The maximum absolute atomic E-state index is 13.2. The van der Waals surface area contributed by atoms with Gasteiger partial charge < -0.3 is 29.3 Å². The Hall–Kier alpha value is -2.65. The molecule has 1 heterocycles. The zero-order valence-electron chi connectivity index (χ0n) is 19.8. The topological polar surface area (TPSA) is 97.4 Å². The molecule has 0 saturated carbocycles. The Morgan fingerprint density at radius 3 is 2.56 bits per heavy atom. The van der Waals surface area contributed by atoms with E-state index < -0.39 is 0 Å². The maximum Gasteiger partial charge on any atom is 0.257 e. The summed E-state index contributed by atoms with van der Waals surface area (Å²) in [5.41, 5.74) is 0.925. The first-order chi connectivity index (χ1) is 15.2. The number of amides is 3. The largest absolute Gasteiger partial charge is 0.491 e. The molecule has 0 aliphatic carbocycles. The number of likely N-dealkylation sites (N-methyl/N-ethyl adjacent to an activating group) is 1. The van der Waals surface area contributed by atoms with E-state index in [9.17, 15) is 14.4 Å². The van der Waals surface area contributed by atoms with E-state index in [4.69, 9.17) is 14.2 Å². The van der Waals surface area contributed by atoms with Crippen LogP contribution in [0.3, 0.4) is 0 Å². The summed E-state index contributed by atoms with van der Waals surface area (Å²) >= 11 is 0. The molecule has 0 spiro atoms. The van der Waals surface area contributed by atoms with Gasteiger partial charge in [-0.25, -0.2) is 0 Å². The number of carbonyl (C=O) groups is 3. The van der Waals surface area contributed by atoms with Crippen LogP contribution in [0.1, 0.15) is 37.6 Å². The van der Waals surface area contributed by atoms with Crippen LogP contribution in [0.2, 0.25) is 0 Å². The molecule has 1 aliphatic rings. The van der Waals surface area contributed by atoms with E-state index in [0.717, 1.165) is 0 Å². The van der Waals surface area contributed by atoms with E-state index in [2.05, 4.69) is 5.32 Å². The second-order valence-electron chi connectivity index (χ2n) is 8.19. The molecule has 3 amide bonds. The van der Waals surface area contributed by atoms with Gasteiger partial charge >= 0.3 is 0 Å². The number of hydrogen-bond acceptors (Lipinski definition) is 6. The number of ether oxygens (including phenoxy) is 3. The van der Waals surface area contributed by atoms with Crippen LogP contribution in [0.5, 0.6) is 5.75 Å². The fourth-order valence-corrected chi connectivity index (χ4v) is 3.65. The van der Waals surface area contributed by atoms with Gasteiger partial charge in [-0.1, -0.05) is 13.8 Å². The monoisotopic (exact) mass is 449 g/mol. The summed E-state index contributed by atoms with van der Waals surface area (Å²) in [4.78, 5) is 41.0. The predicted molar refractivity (Wildman–Crippen MR) is 121 cm³/mol. The van der Waals surface area contributed by atoms with E-state index in [-0.39, 0.29) is 49.0 Å². The second kappa shape index (κ2) is 11.8. The quantitative estimate of drug-likeness (QED) is 0.739. The molecule has 3 atom stereocenters. The third-order valence-corrected chi connectivity index (χ3v) is 5.64. The molecule has 0 radical (unpaired) electrons. The molecule has 9 heteroatoms. The summed E-state index contributed by atoms with van der Waals surface area (Å²) < 4.78 is 16.8. The van der Waals surface area contributed by atoms with Crippen molar-refractivity contribution < 1.29 is 28.6 Å². The summed E-state index contributed by atoms with van der Waals surface area (Å²) in [5.74, 6) is -0.157. The predicted octanol–water partition coefficient (Wildman–Crippen LogP) is 2.01. The normalized spacial score (nSPS) is 22.3. The molecule has 0 aromatic heterocycles. The Kier molecular flexibility index (Phi) is 9.46. The smallest absolute Gasteiger partial charge is 0.257 e. The highest BCUT2D eigenvalue weighted by Crippen LogP contribution is 2.27. The number of nitrogens with one attached hydrogen (secondary N) is 1. The third-order valence-electron chi connectivity index (χ3n) is 5.64. The Bertz CT molecular complexity index is 815. The van der Waals surface area contributed by atoms with Crippen molar-refractivity contribution in [3.8, 4) is 5.75 Å². The molecule has 1 aromatic carbocycles. The minimum absolute atomic E-state index is 0.0240. The molecule has 1 N–H and O–H groups in total. The van der Waals surface area contributed by atoms with Crippen molar-refractivity contribution in [2.45, 2.75) is 39.3 Å². The molecular weight excluding hydrogens is 414 g/mol. The second-order valence-corrected chi connectivity index (χ2v) is 8.19. The molecule has 2 rings (SSSR count). The summed E-state index contributed by atoms with van der Waals surface area (Å²) in [7, 11) is 4.80. The third kappa shape index (κ3) is 6.43. The Labute approximate surface area is 190 Å². The van der Waals surface area contributed by atoms with E-state index in [1.165, 1.54) is 7.11 Å². The van der Waals surface area contributed by atoms with Gasteiger partial charge in [-0.3, -0.25) is 14.4 Å². The van der Waals surface area contributed by atoms with Gasteiger partial charge in [0.1, 0.15) is 19.0 Å². The van der Waals surface area contributed by atoms with E-state index in [0.29, 0.717) is 36.5 Å². The molecule has 9 nitrogen and oxygen atoms in total. The lowest BCUT2D eigenvalue weighted by Gasteiger charge is -2.36. The van der Waals surface area contributed by atoms with Gasteiger partial charge in [0.05, 0.1) is 17.7 Å². The lowest BCUT2D eigenvalue weighted by molar-refractivity contribution is -0.139. The van der Waals surface area contributed by atoms with Crippen LogP contribution in [0.25, 0.3) is 0 Å². The molecule has 1 aliphatic heterocycles. The maximum atomic E-state index is 13.2. The van der Waals surface area contributed by atoms with Crippen LogP contribution in [0.15, 0.2) is 18.2 Å². The van der Waals surface area contributed by atoms with Gasteiger partial charge in [-0.15, -0.1) is 0 Å². The average Bonchev–Trinajstić information content (AvgIpc) is 2.78. The lowest BCUT2D eigenvalue weighted by Crippen LogP contribution is -2.49. The van der Waals surface area contributed by atoms with Crippen LogP contribution in [-0.2, 0) is 19.1 Å². The number of fused-ring (bicyclic) bond motifs is 1.